The van der Waals surface area contributed by atoms with Crippen LogP contribution in [0, 0.1) is 12.7 Å². The molecule has 2 fully saturated rings. The van der Waals surface area contributed by atoms with Gasteiger partial charge in [-0.3, -0.25) is 9.48 Å². The summed E-state index contributed by atoms with van der Waals surface area (Å²) in [5.74, 6) is -0.0390. The minimum atomic E-state index is -0.405. The molecule has 4 heterocycles. The zero-order valence-corrected chi connectivity index (χ0v) is 19.8. The van der Waals surface area contributed by atoms with E-state index in [1.165, 1.54) is 16.9 Å². The van der Waals surface area contributed by atoms with Crippen LogP contribution < -0.4 is 10.5 Å². The predicted octanol–water partition coefficient (Wildman–Crippen LogP) is 3.34. The van der Waals surface area contributed by atoms with Crippen LogP contribution in [0.3, 0.4) is 0 Å². The molecule has 1 aliphatic carbocycles. The van der Waals surface area contributed by atoms with E-state index in [0.29, 0.717) is 41.7 Å². The lowest BCUT2D eigenvalue weighted by Gasteiger charge is -2.36. The molecular weight excluding hydrogens is 449 g/mol. The van der Waals surface area contributed by atoms with Gasteiger partial charge in [-0.1, -0.05) is 6.07 Å². The zero-order valence-electron chi connectivity index (χ0n) is 19.8. The van der Waals surface area contributed by atoms with Crippen molar-refractivity contribution in [3.63, 3.8) is 0 Å². The number of hydrogen-bond donors (Lipinski definition) is 0. The van der Waals surface area contributed by atoms with E-state index in [4.69, 9.17) is 9.72 Å². The van der Waals surface area contributed by atoms with Crippen molar-refractivity contribution in [1.29, 1.82) is 0 Å². The minimum Gasteiger partial charge on any atom is -0.367 e. The van der Waals surface area contributed by atoms with E-state index in [1.807, 2.05) is 41.9 Å². The van der Waals surface area contributed by atoms with E-state index in [2.05, 4.69) is 15.2 Å². The molecule has 9 nitrogen and oxygen atoms in total. The van der Waals surface area contributed by atoms with Gasteiger partial charge in [-0.25, -0.2) is 19.0 Å². The number of rotatable bonds is 4. The number of nitrogens with zero attached hydrogens (tertiary/aromatic N) is 7. The molecule has 1 saturated carbocycles. The van der Waals surface area contributed by atoms with Crippen LogP contribution in [0.4, 0.5) is 10.3 Å². The van der Waals surface area contributed by atoms with Crippen LogP contribution in [-0.2, 0) is 11.8 Å². The van der Waals surface area contributed by atoms with Crippen molar-refractivity contribution in [2.24, 2.45) is 7.05 Å². The summed E-state index contributed by atoms with van der Waals surface area (Å²) in [6.45, 7) is 4.86. The third-order valence-electron chi connectivity index (χ3n) is 6.63. The second-order valence-electron chi connectivity index (χ2n) is 9.52. The highest BCUT2D eigenvalue weighted by Crippen LogP contribution is 2.36. The summed E-state index contributed by atoms with van der Waals surface area (Å²) in [4.78, 5) is 24.4. The van der Waals surface area contributed by atoms with Gasteiger partial charge in [-0.05, 0) is 44.4 Å². The van der Waals surface area contributed by atoms with Gasteiger partial charge in [-0.2, -0.15) is 10.2 Å². The molecule has 0 N–H and O–H groups in total. The molecule has 180 valence electrons. The monoisotopic (exact) mass is 475 g/mol. The standard InChI is InChI=1S/C25H26FN7O2/c1-14-4-7-18(20(26)8-14)22-19-10-27-31(3)24(34)23(19)30-25(29-22)32-11-15(2)35-21(13-32)16-9-28-33(12-16)17-5-6-17/h4,7-10,12,15,17,21H,5-6,11,13H2,1-3H3/t15-,21+/m0/s1. The van der Waals surface area contributed by atoms with Gasteiger partial charge in [0.2, 0.25) is 5.95 Å². The number of halogens is 1. The molecule has 1 aliphatic heterocycles. The number of aryl methyl sites for hydroxylation is 2. The van der Waals surface area contributed by atoms with Gasteiger partial charge in [0.15, 0.2) is 0 Å². The molecule has 4 aromatic rings. The summed E-state index contributed by atoms with van der Waals surface area (Å²) in [6.07, 6.45) is 7.42. The molecule has 10 heteroatoms. The molecule has 2 aliphatic rings. The summed E-state index contributed by atoms with van der Waals surface area (Å²) in [7, 11) is 1.57. The maximum Gasteiger partial charge on any atom is 0.293 e. The van der Waals surface area contributed by atoms with Crippen LogP contribution in [0.2, 0.25) is 0 Å². The van der Waals surface area contributed by atoms with Gasteiger partial charge in [0.1, 0.15) is 17.4 Å². The largest absolute Gasteiger partial charge is 0.367 e. The lowest BCUT2D eigenvalue weighted by atomic mass is 10.1. The Morgan fingerprint density at radius 3 is 2.71 bits per heavy atom. The van der Waals surface area contributed by atoms with Crippen molar-refractivity contribution in [2.75, 3.05) is 18.0 Å². The summed E-state index contributed by atoms with van der Waals surface area (Å²) in [5.41, 5.74) is 2.31. The molecular formula is C25H26FN7O2. The molecule has 6 rings (SSSR count). The minimum absolute atomic E-state index is 0.0999. The molecule has 0 bridgehead atoms. The summed E-state index contributed by atoms with van der Waals surface area (Å²) in [6, 6.07) is 5.46. The lowest BCUT2D eigenvalue weighted by Crippen LogP contribution is -2.43. The quantitative estimate of drug-likeness (QED) is 0.447. The Labute approximate surface area is 201 Å². The molecule has 3 aromatic heterocycles. The van der Waals surface area contributed by atoms with Gasteiger partial charge in [-0.15, -0.1) is 0 Å². The Morgan fingerprint density at radius 2 is 1.94 bits per heavy atom. The van der Waals surface area contributed by atoms with E-state index >= 15 is 4.39 Å². The van der Waals surface area contributed by atoms with Crippen molar-refractivity contribution in [1.82, 2.24) is 29.5 Å². The molecule has 0 spiro atoms. The Kier molecular flexibility index (Phi) is 5.14. The number of benzene rings is 1. The van der Waals surface area contributed by atoms with Gasteiger partial charge in [0, 0.05) is 30.9 Å². The summed E-state index contributed by atoms with van der Waals surface area (Å²) in [5, 5.41) is 9.05. The SMILES string of the molecule is Cc1ccc(-c2nc(N3C[C@H](C)O[C@@H](c4cnn(C5CC5)c4)C3)nc3c(=O)n(C)ncc23)c(F)c1. The first-order chi connectivity index (χ1) is 16.9. The number of anilines is 1. The van der Waals surface area contributed by atoms with Crippen LogP contribution >= 0.6 is 0 Å². The van der Waals surface area contributed by atoms with Gasteiger partial charge in [0.25, 0.3) is 5.56 Å². The van der Waals surface area contributed by atoms with Crippen LogP contribution in [0.1, 0.15) is 43.0 Å². The van der Waals surface area contributed by atoms with Gasteiger partial charge >= 0.3 is 0 Å². The molecule has 0 radical (unpaired) electrons. The molecule has 2 atom stereocenters. The molecule has 0 unspecified atom stereocenters. The van der Waals surface area contributed by atoms with Crippen molar-refractivity contribution in [2.45, 2.75) is 44.9 Å². The topological polar surface area (TPSA) is 91.0 Å². The third-order valence-corrected chi connectivity index (χ3v) is 6.63. The van der Waals surface area contributed by atoms with Crippen molar-refractivity contribution in [3.8, 4) is 11.3 Å². The number of aromatic nitrogens is 6. The predicted molar refractivity (Wildman–Crippen MR) is 129 cm³/mol. The van der Waals surface area contributed by atoms with E-state index in [-0.39, 0.29) is 23.3 Å². The third kappa shape index (κ3) is 3.97. The Morgan fingerprint density at radius 1 is 1.11 bits per heavy atom. The van der Waals surface area contributed by atoms with Crippen molar-refractivity contribution >= 4 is 16.9 Å². The highest BCUT2D eigenvalue weighted by molar-refractivity contribution is 5.92. The fourth-order valence-electron chi connectivity index (χ4n) is 4.61. The molecule has 1 saturated heterocycles. The van der Waals surface area contributed by atoms with Crippen LogP contribution in [0.5, 0.6) is 0 Å². The maximum absolute atomic E-state index is 15.0. The fraction of sp³-hybridized carbons (Fsp3) is 0.400. The zero-order chi connectivity index (χ0) is 24.3. The number of morpholine rings is 1. The first-order valence-electron chi connectivity index (χ1n) is 11.8. The summed E-state index contributed by atoms with van der Waals surface area (Å²) < 4.78 is 24.5. The number of ether oxygens (including phenoxy) is 1. The van der Waals surface area contributed by atoms with Crippen molar-refractivity contribution in [3.05, 3.63) is 64.1 Å². The fourth-order valence-corrected chi connectivity index (χ4v) is 4.61. The normalized spacial score (nSPS) is 20.5. The number of hydrogen-bond acceptors (Lipinski definition) is 7. The molecule has 35 heavy (non-hydrogen) atoms. The Hall–Kier alpha value is -3.66. The Bertz CT molecular complexity index is 1490. The second-order valence-corrected chi connectivity index (χ2v) is 9.52. The number of fused-ring (bicyclic) bond motifs is 1. The first kappa shape index (κ1) is 21.8. The van der Waals surface area contributed by atoms with Gasteiger partial charge < -0.3 is 9.64 Å². The van der Waals surface area contributed by atoms with E-state index < -0.39 is 5.82 Å². The van der Waals surface area contributed by atoms with E-state index in [1.54, 1.807) is 13.1 Å². The average Bonchev–Trinajstić information content (AvgIpc) is 3.57. The smallest absolute Gasteiger partial charge is 0.293 e. The first-order valence-corrected chi connectivity index (χ1v) is 11.8. The average molecular weight is 476 g/mol. The van der Waals surface area contributed by atoms with Gasteiger partial charge in [0.05, 0.1) is 42.2 Å². The molecule has 1 aromatic carbocycles. The van der Waals surface area contributed by atoms with Crippen LogP contribution in [-0.4, -0.2) is 48.7 Å². The highest BCUT2D eigenvalue weighted by Gasteiger charge is 2.31. The molecule has 0 amide bonds. The second kappa shape index (κ2) is 8.23. The lowest BCUT2D eigenvalue weighted by molar-refractivity contribution is -0.0178. The van der Waals surface area contributed by atoms with Crippen LogP contribution in [0.25, 0.3) is 22.2 Å². The van der Waals surface area contributed by atoms with Crippen molar-refractivity contribution < 1.29 is 9.13 Å². The van der Waals surface area contributed by atoms with E-state index in [9.17, 15) is 4.79 Å². The summed E-state index contributed by atoms with van der Waals surface area (Å²) >= 11 is 0. The Balaban J connectivity index is 1.45. The highest BCUT2D eigenvalue weighted by atomic mass is 19.1. The van der Waals surface area contributed by atoms with E-state index in [0.717, 1.165) is 24.0 Å². The maximum atomic E-state index is 15.0. The van der Waals surface area contributed by atoms with Crippen LogP contribution in [0.15, 0.2) is 41.6 Å².